The monoisotopic (exact) mass is 472 g/mol. The molecule has 1 fully saturated rings. The maximum absolute atomic E-state index is 13.4. The van der Waals surface area contributed by atoms with Gasteiger partial charge in [-0.25, -0.2) is 4.68 Å². The second-order valence-electron chi connectivity index (χ2n) is 9.22. The summed E-state index contributed by atoms with van der Waals surface area (Å²) >= 11 is 6.04. The number of carbonyl (C=O) groups is 1. The molecule has 1 N–H and O–H groups in total. The first kappa shape index (κ1) is 23.3. The highest BCUT2D eigenvalue weighted by molar-refractivity contribution is 6.29. The Bertz CT molecular complexity index is 1270. The molecule has 0 unspecified atom stereocenters. The minimum Gasteiger partial charge on any atom is -0.494 e. The van der Waals surface area contributed by atoms with E-state index in [1.165, 1.54) is 9.20 Å². The Morgan fingerprint density at radius 2 is 1.91 bits per heavy atom. The van der Waals surface area contributed by atoms with Crippen molar-refractivity contribution in [3.05, 3.63) is 45.7 Å². The summed E-state index contributed by atoms with van der Waals surface area (Å²) in [6, 6.07) is 5.46. The number of fused-ring (bicyclic) bond motifs is 1. The summed E-state index contributed by atoms with van der Waals surface area (Å²) in [7, 11) is 1.66. The Balaban J connectivity index is 1.77. The molecule has 1 aliphatic rings. The van der Waals surface area contributed by atoms with Gasteiger partial charge in [0.2, 0.25) is 5.62 Å². The van der Waals surface area contributed by atoms with Crippen LogP contribution >= 0.6 is 11.6 Å². The maximum atomic E-state index is 13.4. The molecule has 1 saturated heterocycles. The molecule has 176 valence electrons. The Labute approximate surface area is 197 Å². The molecule has 4 rings (SSSR count). The quantitative estimate of drug-likeness (QED) is 0.573. The number of benzene rings is 1. The van der Waals surface area contributed by atoms with E-state index in [0.717, 1.165) is 35.7 Å². The summed E-state index contributed by atoms with van der Waals surface area (Å²) in [6.45, 7) is 10.7. The second kappa shape index (κ2) is 8.79. The molecule has 0 aliphatic carbocycles. The number of ether oxygens (including phenoxy) is 2. The summed E-state index contributed by atoms with van der Waals surface area (Å²) < 4.78 is 14.0. The summed E-state index contributed by atoms with van der Waals surface area (Å²) in [5.74, 6) is 0.625. The van der Waals surface area contributed by atoms with Crippen molar-refractivity contribution in [3.63, 3.8) is 0 Å². The van der Waals surface area contributed by atoms with Crippen LogP contribution in [0.3, 0.4) is 0 Å². The van der Waals surface area contributed by atoms with Gasteiger partial charge in [0.05, 0.1) is 26.0 Å². The number of aromatic nitrogens is 4. The van der Waals surface area contributed by atoms with Gasteiger partial charge in [-0.1, -0.05) is 32.4 Å². The van der Waals surface area contributed by atoms with Gasteiger partial charge in [-0.2, -0.15) is 9.61 Å². The third kappa shape index (κ3) is 4.47. The molecular formula is C23H29ClN6O3. The number of nitrogens with one attached hydrogen (secondary N) is 1. The minimum atomic E-state index is -0.239. The second-order valence-corrected chi connectivity index (χ2v) is 9.60. The van der Waals surface area contributed by atoms with Gasteiger partial charge in [0.1, 0.15) is 12.3 Å². The van der Waals surface area contributed by atoms with Gasteiger partial charge in [-0.3, -0.25) is 10.2 Å². The maximum Gasteiger partial charge on any atom is 0.242 e. The number of anilines is 1. The number of hydrogen-bond acceptors (Lipinski definition) is 7. The fraction of sp³-hybridized carbons (Fsp3) is 0.478. The first-order valence-corrected chi connectivity index (χ1v) is 11.2. The van der Waals surface area contributed by atoms with E-state index in [1.54, 1.807) is 13.2 Å². The molecule has 3 heterocycles. The number of Topliss-reactive ketones (excluding diaryl/α,β-unsaturated/α-hetero) is 1. The Morgan fingerprint density at radius 3 is 2.55 bits per heavy atom. The molecular weight excluding hydrogens is 444 g/mol. The molecule has 0 amide bonds. The van der Waals surface area contributed by atoms with Gasteiger partial charge in [0, 0.05) is 24.2 Å². The summed E-state index contributed by atoms with van der Waals surface area (Å²) in [5, 5.41) is 17.3. The fourth-order valence-electron chi connectivity index (χ4n) is 4.04. The largest absolute Gasteiger partial charge is 0.494 e. The van der Waals surface area contributed by atoms with Gasteiger partial charge in [0.25, 0.3) is 0 Å². The molecule has 9 nitrogen and oxygen atoms in total. The average molecular weight is 473 g/mol. The van der Waals surface area contributed by atoms with E-state index in [2.05, 4.69) is 35.9 Å². The predicted octanol–water partition coefficient (Wildman–Crippen LogP) is 3.00. The molecule has 3 aromatic rings. The summed E-state index contributed by atoms with van der Waals surface area (Å²) in [5.41, 5.74) is 3.41. The molecule has 0 saturated carbocycles. The van der Waals surface area contributed by atoms with Crippen molar-refractivity contribution in [2.24, 2.45) is 0 Å². The summed E-state index contributed by atoms with van der Waals surface area (Å²) in [4.78, 5) is 15.6. The van der Waals surface area contributed by atoms with Crippen molar-refractivity contribution in [2.45, 2.75) is 39.7 Å². The van der Waals surface area contributed by atoms with Crippen LogP contribution in [-0.4, -0.2) is 58.6 Å². The third-order valence-electron chi connectivity index (χ3n) is 5.79. The van der Waals surface area contributed by atoms with E-state index in [4.69, 9.17) is 26.5 Å². The Morgan fingerprint density at radius 1 is 1.21 bits per heavy atom. The van der Waals surface area contributed by atoms with E-state index in [-0.39, 0.29) is 28.5 Å². The van der Waals surface area contributed by atoms with Crippen molar-refractivity contribution in [1.29, 1.82) is 5.41 Å². The van der Waals surface area contributed by atoms with E-state index < -0.39 is 0 Å². The first-order chi connectivity index (χ1) is 15.6. The molecule has 0 radical (unpaired) electrons. The molecule has 0 bridgehead atoms. The molecule has 0 spiro atoms. The molecule has 10 heteroatoms. The lowest BCUT2D eigenvalue weighted by Crippen LogP contribution is -2.37. The van der Waals surface area contributed by atoms with E-state index >= 15 is 0 Å². The lowest BCUT2D eigenvalue weighted by molar-refractivity contribution is 0.0965. The SMILES string of the molecule is COc1c(N2CCOCC2)cc(C(=O)Cn2nc3c(C)cc(Cl)nn3c2=N)cc1C(C)(C)C. The number of carbonyl (C=O) groups excluding carboxylic acids is 1. The number of ketones is 1. The van der Waals surface area contributed by atoms with E-state index in [0.29, 0.717) is 24.4 Å². The summed E-state index contributed by atoms with van der Waals surface area (Å²) in [6.07, 6.45) is 0. The highest BCUT2D eigenvalue weighted by Crippen LogP contribution is 2.40. The minimum absolute atomic E-state index is 0.0121. The molecule has 33 heavy (non-hydrogen) atoms. The van der Waals surface area contributed by atoms with Gasteiger partial charge in [-0.05, 0) is 36.1 Å². The normalized spacial score (nSPS) is 14.7. The number of aryl methyl sites for hydroxylation is 1. The zero-order valence-electron chi connectivity index (χ0n) is 19.6. The number of rotatable bonds is 5. The zero-order chi connectivity index (χ0) is 23.9. The standard InChI is InChI=1S/C23H29ClN6O3/c1-14-10-19(24)26-30-21(14)27-29(22(30)25)13-18(31)15-11-16(23(2,3)4)20(32-5)17(12-15)28-6-8-33-9-7-28/h10-12,25H,6-9,13H2,1-5H3. The van der Waals surface area contributed by atoms with Gasteiger partial charge >= 0.3 is 0 Å². The van der Waals surface area contributed by atoms with Crippen molar-refractivity contribution < 1.29 is 14.3 Å². The van der Waals surface area contributed by atoms with Crippen LogP contribution in [0.2, 0.25) is 5.15 Å². The van der Waals surface area contributed by atoms with Crippen LogP contribution in [0.1, 0.15) is 42.3 Å². The topological polar surface area (TPSA) is 97.7 Å². The smallest absolute Gasteiger partial charge is 0.242 e. The lowest BCUT2D eigenvalue weighted by Gasteiger charge is -2.33. The fourth-order valence-corrected chi connectivity index (χ4v) is 4.28. The van der Waals surface area contributed by atoms with Crippen molar-refractivity contribution in [1.82, 2.24) is 19.4 Å². The number of nitrogens with zero attached hydrogens (tertiary/aromatic N) is 5. The Hall–Kier alpha value is -2.91. The van der Waals surface area contributed by atoms with Crippen LogP contribution in [0.5, 0.6) is 5.75 Å². The van der Waals surface area contributed by atoms with Gasteiger partial charge < -0.3 is 14.4 Å². The van der Waals surface area contributed by atoms with Crippen LogP contribution in [-0.2, 0) is 16.7 Å². The lowest BCUT2D eigenvalue weighted by atomic mass is 9.84. The van der Waals surface area contributed by atoms with Crippen LogP contribution in [0.4, 0.5) is 5.69 Å². The van der Waals surface area contributed by atoms with Crippen LogP contribution in [0.15, 0.2) is 18.2 Å². The predicted molar refractivity (Wildman–Crippen MR) is 126 cm³/mol. The van der Waals surface area contributed by atoms with Crippen molar-refractivity contribution in [2.75, 3.05) is 38.3 Å². The molecule has 1 aromatic carbocycles. The number of halogens is 1. The van der Waals surface area contributed by atoms with E-state index in [9.17, 15) is 4.79 Å². The van der Waals surface area contributed by atoms with Crippen LogP contribution in [0.25, 0.3) is 5.65 Å². The van der Waals surface area contributed by atoms with Gasteiger partial charge in [-0.15, -0.1) is 5.10 Å². The highest BCUT2D eigenvalue weighted by atomic mass is 35.5. The van der Waals surface area contributed by atoms with Crippen LogP contribution in [0, 0.1) is 12.3 Å². The molecule has 2 aromatic heterocycles. The van der Waals surface area contributed by atoms with Crippen LogP contribution < -0.4 is 15.3 Å². The Kier molecular flexibility index (Phi) is 6.20. The number of morpholine rings is 1. The van der Waals surface area contributed by atoms with Gasteiger partial charge in [0.15, 0.2) is 16.6 Å². The van der Waals surface area contributed by atoms with E-state index in [1.807, 2.05) is 19.1 Å². The highest BCUT2D eigenvalue weighted by Gasteiger charge is 2.27. The molecule has 1 aliphatic heterocycles. The zero-order valence-corrected chi connectivity index (χ0v) is 20.4. The van der Waals surface area contributed by atoms with Crippen molar-refractivity contribution >= 4 is 28.7 Å². The molecule has 0 atom stereocenters. The first-order valence-electron chi connectivity index (χ1n) is 10.9. The average Bonchev–Trinajstić information content (AvgIpc) is 3.08. The number of methoxy groups -OCH3 is 1. The van der Waals surface area contributed by atoms with Crippen molar-refractivity contribution in [3.8, 4) is 5.75 Å². The number of hydrogen-bond donors (Lipinski definition) is 1. The third-order valence-corrected chi connectivity index (χ3v) is 5.98.